The van der Waals surface area contributed by atoms with E-state index in [0.29, 0.717) is 0 Å². The lowest BCUT2D eigenvalue weighted by atomic mass is 9.52. The van der Waals surface area contributed by atoms with E-state index in [2.05, 4.69) is 76.2 Å². The zero-order chi connectivity index (χ0) is 19.7. The molecule has 0 radical (unpaired) electrons. The Kier molecular flexibility index (Phi) is 2.49. The van der Waals surface area contributed by atoms with Crippen LogP contribution in [-0.4, -0.2) is 10.2 Å². The molecule has 0 aliphatic heterocycles. The molecular formula is C26H24O2. The average molecular weight is 368 g/mol. The molecule has 2 nitrogen and oxygen atoms in total. The van der Waals surface area contributed by atoms with Gasteiger partial charge in [0, 0.05) is 27.2 Å². The third-order valence-corrected chi connectivity index (χ3v) is 9.20. The van der Waals surface area contributed by atoms with Crippen molar-refractivity contribution in [1.29, 1.82) is 0 Å². The van der Waals surface area contributed by atoms with E-state index in [4.69, 9.17) is 0 Å². The van der Waals surface area contributed by atoms with Crippen LogP contribution in [0.3, 0.4) is 0 Å². The van der Waals surface area contributed by atoms with E-state index in [1.807, 2.05) is 6.07 Å². The molecule has 4 atom stereocenters. The molecule has 0 aromatic heterocycles. The summed E-state index contributed by atoms with van der Waals surface area (Å²) in [5.74, 6) is -0.0000908. The number of hydrogen-bond acceptors (Lipinski definition) is 2. The van der Waals surface area contributed by atoms with Crippen molar-refractivity contribution in [3.8, 4) is 11.5 Å². The SMILES string of the molecule is C[C@]12c3ccccc3[C@]3(C)c4ccc(O)c(O)c4[C@](C)(c4ccccc41)[C@]23C. The maximum absolute atomic E-state index is 11.1. The molecule has 140 valence electrons. The van der Waals surface area contributed by atoms with Crippen molar-refractivity contribution < 1.29 is 10.2 Å². The molecule has 6 rings (SSSR count). The van der Waals surface area contributed by atoms with E-state index in [0.717, 1.165) is 11.1 Å². The molecule has 0 unspecified atom stereocenters. The minimum atomic E-state index is -0.412. The molecule has 3 aliphatic carbocycles. The highest BCUT2D eigenvalue weighted by Crippen LogP contribution is 2.83. The van der Waals surface area contributed by atoms with Crippen molar-refractivity contribution in [3.05, 3.63) is 94.0 Å². The molecular weight excluding hydrogens is 344 g/mol. The minimum Gasteiger partial charge on any atom is -0.504 e. The van der Waals surface area contributed by atoms with Crippen LogP contribution in [-0.2, 0) is 16.2 Å². The topological polar surface area (TPSA) is 40.5 Å². The number of benzene rings is 3. The van der Waals surface area contributed by atoms with Gasteiger partial charge in [0.2, 0.25) is 0 Å². The second-order valence-corrected chi connectivity index (χ2v) is 9.45. The lowest BCUT2D eigenvalue weighted by molar-refractivity contribution is 0.0988. The Morgan fingerprint density at radius 2 is 0.964 bits per heavy atom. The lowest BCUT2D eigenvalue weighted by Gasteiger charge is -2.49. The van der Waals surface area contributed by atoms with Gasteiger partial charge in [-0.25, -0.2) is 0 Å². The molecule has 2 N–H and O–H groups in total. The first-order valence-electron chi connectivity index (χ1n) is 10.0. The number of phenols is 2. The first kappa shape index (κ1) is 16.2. The predicted octanol–water partition coefficient (Wildman–Crippen LogP) is 5.36. The van der Waals surface area contributed by atoms with Crippen LogP contribution in [0.1, 0.15) is 61.1 Å². The van der Waals surface area contributed by atoms with Gasteiger partial charge in [0.1, 0.15) is 0 Å². The second-order valence-electron chi connectivity index (χ2n) is 9.45. The van der Waals surface area contributed by atoms with Crippen LogP contribution in [0.5, 0.6) is 11.5 Å². The first-order chi connectivity index (χ1) is 13.3. The van der Waals surface area contributed by atoms with E-state index < -0.39 is 5.41 Å². The number of hydrogen-bond donors (Lipinski definition) is 2. The molecule has 0 heterocycles. The van der Waals surface area contributed by atoms with Gasteiger partial charge in [0.15, 0.2) is 11.5 Å². The van der Waals surface area contributed by atoms with Crippen LogP contribution in [0.2, 0.25) is 0 Å². The fraction of sp³-hybridized carbons (Fsp3) is 0.308. The van der Waals surface area contributed by atoms with Crippen molar-refractivity contribution in [1.82, 2.24) is 0 Å². The van der Waals surface area contributed by atoms with Crippen molar-refractivity contribution in [2.75, 3.05) is 0 Å². The van der Waals surface area contributed by atoms with Crippen molar-refractivity contribution >= 4 is 0 Å². The molecule has 0 saturated carbocycles. The number of fused-ring (bicyclic) bond motifs is 9. The highest BCUT2D eigenvalue weighted by Gasteiger charge is 2.80. The van der Waals surface area contributed by atoms with Crippen molar-refractivity contribution in [2.45, 2.75) is 43.9 Å². The summed E-state index contributed by atoms with van der Waals surface area (Å²) in [6.45, 7) is 9.38. The summed E-state index contributed by atoms with van der Waals surface area (Å²) >= 11 is 0. The van der Waals surface area contributed by atoms with Gasteiger partial charge >= 0.3 is 0 Å². The number of rotatable bonds is 0. The zero-order valence-electron chi connectivity index (χ0n) is 16.7. The molecule has 0 saturated heterocycles. The van der Waals surface area contributed by atoms with Gasteiger partial charge in [-0.05, 0) is 33.9 Å². The van der Waals surface area contributed by atoms with Gasteiger partial charge in [-0.15, -0.1) is 0 Å². The van der Waals surface area contributed by atoms with Crippen LogP contribution < -0.4 is 0 Å². The van der Waals surface area contributed by atoms with Crippen LogP contribution in [0.4, 0.5) is 0 Å². The van der Waals surface area contributed by atoms with Gasteiger partial charge in [-0.1, -0.05) is 82.3 Å². The van der Waals surface area contributed by atoms with Crippen molar-refractivity contribution in [3.63, 3.8) is 0 Å². The molecule has 3 aromatic carbocycles. The molecule has 3 aromatic rings. The first-order valence-corrected chi connectivity index (χ1v) is 10.0. The molecule has 2 heteroatoms. The van der Waals surface area contributed by atoms with Gasteiger partial charge in [-0.2, -0.15) is 0 Å². The van der Waals surface area contributed by atoms with Crippen LogP contribution >= 0.6 is 0 Å². The van der Waals surface area contributed by atoms with E-state index in [1.165, 1.54) is 22.3 Å². The van der Waals surface area contributed by atoms with Gasteiger partial charge < -0.3 is 10.2 Å². The Morgan fingerprint density at radius 3 is 1.46 bits per heavy atom. The van der Waals surface area contributed by atoms with E-state index in [1.54, 1.807) is 6.07 Å². The maximum atomic E-state index is 11.1. The largest absolute Gasteiger partial charge is 0.504 e. The number of phenolic OH excluding ortho intramolecular Hbond substituents is 2. The average Bonchev–Trinajstić information content (AvgIpc) is 3.06. The summed E-state index contributed by atoms with van der Waals surface area (Å²) < 4.78 is 0. The van der Waals surface area contributed by atoms with Gasteiger partial charge in [0.05, 0.1) is 0 Å². The summed E-state index contributed by atoms with van der Waals surface area (Å²) in [6.07, 6.45) is 0. The summed E-state index contributed by atoms with van der Waals surface area (Å²) in [5.41, 5.74) is 6.26. The molecule has 0 spiro atoms. The highest BCUT2D eigenvalue weighted by atomic mass is 16.3. The fourth-order valence-electron chi connectivity index (χ4n) is 7.73. The third-order valence-electron chi connectivity index (χ3n) is 9.20. The summed E-state index contributed by atoms with van der Waals surface area (Å²) in [4.78, 5) is 0. The molecule has 3 aliphatic rings. The lowest BCUT2D eigenvalue weighted by Crippen LogP contribution is -2.51. The molecule has 0 bridgehead atoms. The quantitative estimate of drug-likeness (QED) is 0.524. The van der Waals surface area contributed by atoms with E-state index in [-0.39, 0.29) is 27.7 Å². The Labute approximate surface area is 165 Å². The fourth-order valence-corrected chi connectivity index (χ4v) is 7.73. The monoisotopic (exact) mass is 368 g/mol. The Morgan fingerprint density at radius 1 is 0.536 bits per heavy atom. The molecule has 0 amide bonds. The van der Waals surface area contributed by atoms with E-state index in [9.17, 15) is 10.2 Å². The van der Waals surface area contributed by atoms with Crippen LogP contribution in [0.15, 0.2) is 60.7 Å². The van der Waals surface area contributed by atoms with E-state index >= 15 is 0 Å². The Bertz CT molecular complexity index is 1200. The Hall–Kier alpha value is -2.74. The second kappa shape index (κ2) is 4.30. The third kappa shape index (κ3) is 1.17. The predicted molar refractivity (Wildman–Crippen MR) is 110 cm³/mol. The smallest absolute Gasteiger partial charge is 0.161 e. The van der Waals surface area contributed by atoms with Crippen LogP contribution in [0, 0.1) is 5.41 Å². The number of aromatic hydroxyl groups is 2. The Balaban J connectivity index is 1.94. The zero-order valence-corrected chi connectivity index (χ0v) is 16.7. The van der Waals surface area contributed by atoms with Gasteiger partial charge in [-0.3, -0.25) is 0 Å². The summed E-state index contributed by atoms with van der Waals surface area (Å²) in [7, 11) is 0. The summed E-state index contributed by atoms with van der Waals surface area (Å²) in [6, 6.07) is 21.2. The highest BCUT2D eigenvalue weighted by molar-refractivity contribution is 5.78. The maximum Gasteiger partial charge on any atom is 0.161 e. The molecule has 28 heavy (non-hydrogen) atoms. The van der Waals surface area contributed by atoms with Crippen molar-refractivity contribution in [2.24, 2.45) is 5.41 Å². The molecule has 0 fully saturated rings. The summed E-state index contributed by atoms with van der Waals surface area (Å²) in [5, 5.41) is 21.5. The van der Waals surface area contributed by atoms with Gasteiger partial charge in [0.25, 0.3) is 0 Å². The minimum absolute atomic E-state index is 0.0355. The normalized spacial score (nSPS) is 36.0. The standard InChI is InChI=1S/C26H24O2/c1-23-15-9-5-6-10-16(15)24(2)19-13-14-20(27)22(28)21(19)25(3,26(23,24)4)18-12-8-7-11-17(18)23/h5-14,27-28H,1-4H3/t23-,24+,25-,26+/m0/s1. The van der Waals surface area contributed by atoms with Crippen LogP contribution in [0.25, 0.3) is 0 Å².